The highest BCUT2D eigenvalue weighted by Gasteiger charge is 2.29. The van der Waals surface area contributed by atoms with Gasteiger partial charge in [0.2, 0.25) is 0 Å². The molecule has 6 heteroatoms. The number of halogens is 1. The average molecular weight is 300 g/mol. The van der Waals surface area contributed by atoms with E-state index in [0.717, 1.165) is 0 Å². The van der Waals surface area contributed by atoms with E-state index in [9.17, 15) is 14.7 Å². The second-order valence-corrected chi connectivity index (χ2v) is 5.84. The van der Waals surface area contributed by atoms with E-state index in [4.69, 9.17) is 16.7 Å². The Bertz CT molecular complexity index is 522. The van der Waals surface area contributed by atoms with Crippen molar-refractivity contribution >= 4 is 23.5 Å². The Morgan fingerprint density at radius 1 is 1.30 bits per heavy atom. The third kappa shape index (κ3) is 4.13. The maximum atomic E-state index is 12.5. The molecule has 0 bridgehead atoms. The molecule has 5 nitrogen and oxygen atoms in total. The molecule has 0 radical (unpaired) electrons. The zero-order valence-electron chi connectivity index (χ0n) is 11.7. The molecule has 110 valence electrons. The molecule has 1 amide bonds. The molecule has 1 aromatic rings. The summed E-state index contributed by atoms with van der Waals surface area (Å²) in [5.41, 5.74) is -0.395. The first-order valence-electron chi connectivity index (χ1n) is 6.15. The highest BCUT2D eigenvalue weighted by molar-refractivity contribution is 6.33. The highest BCUT2D eigenvalue weighted by atomic mass is 35.5. The molecule has 1 rings (SSSR count). The maximum Gasteiger partial charge on any atom is 0.305 e. The largest absolute Gasteiger partial charge is 0.508 e. The van der Waals surface area contributed by atoms with Gasteiger partial charge in [0.15, 0.2) is 0 Å². The molecule has 0 fully saturated rings. The molecule has 20 heavy (non-hydrogen) atoms. The summed E-state index contributed by atoms with van der Waals surface area (Å²) < 4.78 is 0. The Balaban J connectivity index is 3.10. The van der Waals surface area contributed by atoms with Gasteiger partial charge >= 0.3 is 5.97 Å². The third-order valence-electron chi connectivity index (χ3n) is 2.78. The van der Waals surface area contributed by atoms with Gasteiger partial charge in [-0.2, -0.15) is 0 Å². The Morgan fingerprint density at radius 2 is 1.90 bits per heavy atom. The number of carboxylic acids is 1. The summed E-state index contributed by atoms with van der Waals surface area (Å²) >= 11 is 5.97. The van der Waals surface area contributed by atoms with Gasteiger partial charge in [0.1, 0.15) is 5.75 Å². The van der Waals surface area contributed by atoms with Gasteiger partial charge in [0, 0.05) is 12.1 Å². The highest BCUT2D eigenvalue weighted by Crippen LogP contribution is 2.25. The van der Waals surface area contributed by atoms with Gasteiger partial charge in [-0.1, -0.05) is 11.6 Å². The normalized spacial score (nSPS) is 11.2. The molecule has 0 aliphatic rings. The van der Waals surface area contributed by atoms with Crippen LogP contribution in [0.2, 0.25) is 5.02 Å². The van der Waals surface area contributed by atoms with Gasteiger partial charge in [0.05, 0.1) is 17.0 Å². The van der Waals surface area contributed by atoms with E-state index < -0.39 is 17.4 Å². The van der Waals surface area contributed by atoms with Gasteiger partial charge in [-0.3, -0.25) is 9.59 Å². The lowest BCUT2D eigenvalue weighted by molar-refractivity contribution is -0.137. The standard InChI is InChI=1S/C14H18ClNO4/c1-14(2,3)16(7-6-12(18)19)13(20)10-8-9(17)4-5-11(10)15/h4-5,8,17H,6-7H2,1-3H3,(H,18,19). The van der Waals surface area contributed by atoms with E-state index in [0.29, 0.717) is 0 Å². The number of benzene rings is 1. The van der Waals surface area contributed by atoms with Crippen LogP contribution >= 0.6 is 11.6 Å². The third-order valence-corrected chi connectivity index (χ3v) is 3.11. The second-order valence-electron chi connectivity index (χ2n) is 5.44. The van der Waals surface area contributed by atoms with Crippen LogP contribution in [0.4, 0.5) is 0 Å². The van der Waals surface area contributed by atoms with Crippen LogP contribution in [0.5, 0.6) is 5.75 Å². The molecule has 1 aromatic carbocycles. The summed E-state index contributed by atoms with van der Waals surface area (Å²) in [6.45, 7) is 5.50. The summed E-state index contributed by atoms with van der Waals surface area (Å²) in [6, 6.07) is 4.10. The monoisotopic (exact) mass is 299 g/mol. The lowest BCUT2D eigenvalue weighted by Crippen LogP contribution is -2.46. The van der Waals surface area contributed by atoms with E-state index in [2.05, 4.69) is 0 Å². The van der Waals surface area contributed by atoms with Crippen molar-refractivity contribution in [2.45, 2.75) is 32.7 Å². The van der Waals surface area contributed by atoms with Crippen LogP contribution in [-0.4, -0.2) is 39.1 Å². The first-order chi connectivity index (χ1) is 9.12. The van der Waals surface area contributed by atoms with Crippen LogP contribution in [0.25, 0.3) is 0 Å². The van der Waals surface area contributed by atoms with Crippen molar-refractivity contribution in [1.29, 1.82) is 0 Å². The topological polar surface area (TPSA) is 77.8 Å². The summed E-state index contributed by atoms with van der Waals surface area (Å²) in [4.78, 5) is 24.7. The Hall–Kier alpha value is -1.75. The minimum Gasteiger partial charge on any atom is -0.508 e. The summed E-state index contributed by atoms with van der Waals surface area (Å²) in [5.74, 6) is -1.45. The maximum absolute atomic E-state index is 12.5. The van der Waals surface area contributed by atoms with Crippen LogP contribution in [0, 0.1) is 0 Å². The lowest BCUT2D eigenvalue weighted by Gasteiger charge is -2.35. The summed E-state index contributed by atoms with van der Waals surface area (Å²) in [6.07, 6.45) is -0.153. The van der Waals surface area contributed by atoms with Crippen LogP contribution in [0.15, 0.2) is 18.2 Å². The minimum atomic E-state index is -0.978. The Kier molecular flexibility index (Phi) is 5.00. The van der Waals surface area contributed by atoms with Crippen molar-refractivity contribution in [2.75, 3.05) is 6.54 Å². The van der Waals surface area contributed by atoms with Gasteiger partial charge < -0.3 is 15.1 Å². The van der Waals surface area contributed by atoms with E-state index in [1.807, 2.05) is 20.8 Å². The van der Waals surface area contributed by atoms with Gasteiger partial charge in [-0.05, 0) is 39.0 Å². The molecule has 0 heterocycles. The second kappa shape index (κ2) is 6.13. The predicted molar refractivity (Wildman–Crippen MR) is 76.2 cm³/mol. The Morgan fingerprint density at radius 3 is 2.40 bits per heavy atom. The first-order valence-corrected chi connectivity index (χ1v) is 6.53. The number of hydrogen-bond acceptors (Lipinski definition) is 3. The number of aliphatic carboxylic acids is 1. The number of rotatable bonds is 4. The number of hydrogen-bond donors (Lipinski definition) is 2. The van der Waals surface area contributed by atoms with Crippen molar-refractivity contribution in [1.82, 2.24) is 4.90 Å². The van der Waals surface area contributed by atoms with Crippen molar-refractivity contribution in [3.8, 4) is 5.75 Å². The van der Waals surface area contributed by atoms with Crippen molar-refractivity contribution in [3.05, 3.63) is 28.8 Å². The molecule has 0 atom stereocenters. The summed E-state index contributed by atoms with van der Waals surface area (Å²) in [7, 11) is 0. The number of phenols is 1. The number of nitrogens with zero attached hydrogens (tertiary/aromatic N) is 1. The molecule has 0 saturated carbocycles. The molecule has 0 aliphatic heterocycles. The van der Waals surface area contributed by atoms with Gasteiger partial charge in [-0.25, -0.2) is 0 Å². The van der Waals surface area contributed by atoms with E-state index in [1.165, 1.54) is 23.1 Å². The molecule has 0 aromatic heterocycles. The van der Waals surface area contributed by atoms with Crippen molar-refractivity contribution < 1.29 is 19.8 Å². The zero-order chi connectivity index (χ0) is 15.5. The van der Waals surface area contributed by atoms with E-state index in [-0.39, 0.29) is 29.3 Å². The number of carbonyl (C=O) groups is 2. The van der Waals surface area contributed by atoms with Crippen LogP contribution in [-0.2, 0) is 4.79 Å². The van der Waals surface area contributed by atoms with E-state index >= 15 is 0 Å². The predicted octanol–water partition coefficient (Wildman–Crippen LogP) is 2.76. The zero-order valence-corrected chi connectivity index (χ0v) is 12.4. The van der Waals surface area contributed by atoms with Gasteiger partial charge in [-0.15, -0.1) is 0 Å². The molecule has 0 saturated heterocycles. The van der Waals surface area contributed by atoms with Gasteiger partial charge in [0.25, 0.3) is 5.91 Å². The smallest absolute Gasteiger partial charge is 0.305 e. The fraction of sp³-hybridized carbons (Fsp3) is 0.429. The average Bonchev–Trinajstić information content (AvgIpc) is 2.30. The Labute approximate surface area is 122 Å². The SMILES string of the molecule is CC(C)(C)N(CCC(=O)O)C(=O)c1cc(O)ccc1Cl. The first kappa shape index (κ1) is 16.3. The van der Waals surface area contributed by atoms with Crippen LogP contribution in [0.1, 0.15) is 37.6 Å². The van der Waals surface area contributed by atoms with E-state index in [1.54, 1.807) is 0 Å². The molecule has 2 N–H and O–H groups in total. The quantitative estimate of drug-likeness (QED) is 0.896. The molecular formula is C14H18ClNO4. The number of phenolic OH excluding ortho intramolecular Hbond substituents is 1. The molecule has 0 unspecified atom stereocenters. The minimum absolute atomic E-state index is 0.0650. The number of aromatic hydroxyl groups is 1. The van der Waals surface area contributed by atoms with Crippen LogP contribution < -0.4 is 0 Å². The van der Waals surface area contributed by atoms with Crippen LogP contribution in [0.3, 0.4) is 0 Å². The van der Waals surface area contributed by atoms with Crippen molar-refractivity contribution in [2.24, 2.45) is 0 Å². The molecular weight excluding hydrogens is 282 g/mol. The number of carboxylic acid groups (broad SMARTS) is 1. The fourth-order valence-corrected chi connectivity index (χ4v) is 1.97. The lowest BCUT2D eigenvalue weighted by atomic mass is 10.0. The number of carbonyl (C=O) groups excluding carboxylic acids is 1. The molecule has 0 aliphatic carbocycles. The van der Waals surface area contributed by atoms with Crippen molar-refractivity contribution in [3.63, 3.8) is 0 Å². The summed E-state index contributed by atoms with van der Waals surface area (Å²) in [5, 5.41) is 18.5. The molecule has 0 spiro atoms. The fourth-order valence-electron chi connectivity index (χ4n) is 1.77. The number of amides is 1.